The van der Waals surface area contributed by atoms with Crippen LogP contribution in [0.15, 0.2) is 36.4 Å². The summed E-state index contributed by atoms with van der Waals surface area (Å²) >= 11 is 6.16. The van der Waals surface area contributed by atoms with Gasteiger partial charge in [-0.25, -0.2) is 0 Å². The number of anilines is 1. The number of halogens is 1. The quantitative estimate of drug-likeness (QED) is 0.895. The summed E-state index contributed by atoms with van der Waals surface area (Å²) < 4.78 is 0. The number of hydrogen-bond acceptors (Lipinski definition) is 2. The summed E-state index contributed by atoms with van der Waals surface area (Å²) in [6, 6.07) is 13.7. The summed E-state index contributed by atoms with van der Waals surface area (Å²) in [5.74, 6) is 0. The lowest BCUT2D eigenvalue weighted by Gasteiger charge is -2.13. The summed E-state index contributed by atoms with van der Waals surface area (Å²) in [6.07, 6.45) is 0. The molecule has 0 saturated carbocycles. The van der Waals surface area contributed by atoms with Crippen molar-refractivity contribution in [1.29, 1.82) is 5.26 Å². The number of rotatable bonds is 3. The van der Waals surface area contributed by atoms with Gasteiger partial charge in [-0.15, -0.1) is 0 Å². The molecule has 0 spiro atoms. The first-order chi connectivity index (χ1) is 9.11. The lowest BCUT2D eigenvalue weighted by atomic mass is 10.1. The minimum absolute atomic E-state index is 0.584. The number of hydrogen-bond donors (Lipinski definition) is 1. The maximum Gasteiger partial charge on any atom is 0.0992 e. The SMILES string of the molecule is Cc1cccc(C)c1NCc1ccc(C#N)cc1Cl. The largest absolute Gasteiger partial charge is 0.380 e. The van der Waals surface area contributed by atoms with Crippen LogP contribution in [-0.4, -0.2) is 0 Å². The van der Waals surface area contributed by atoms with Crippen molar-refractivity contribution in [1.82, 2.24) is 0 Å². The number of nitrogens with zero attached hydrogens (tertiary/aromatic N) is 1. The standard InChI is InChI=1S/C16H15ClN2/c1-11-4-3-5-12(2)16(11)19-10-14-7-6-13(9-18)8-15(14)17/h3-8,19H,10H2,1-2H3. The van der Waals surface area contributed by atoms with Crippen LogP contribution in [0.2, 0.25) is 5.02 Å². The van der Waals surface area contributed by atoms with E-state index in [0.29, 0.717) is 17.1 Å². The lowest BCUT2D eigenvalue weighted by molar-refractivity contribution is 1.13. The van der Waals surface area contributed by atoms with Crippen LogP contribution in [0, 0.1) is 25.2 Å². The molecule has 0 fully saturated rings. The van der Waals surface area contributed by atoms with E-state index in [-0.39, 0.29) is 0 Å². The Bertz CT molecular complexity index is 621. The van der Waals surface area contributed by atoms with Crippen LogP contribution in [0.1, 0.15) is 22.3 Å². The van der Waals surface area contributed by atoms with E-state index in [0.717, 1.165) is 11.3 Å². The van der Waals surface area contributed by atoms with Crippen LogP contribution in [-0.2, 0) is 6.54 Å². The Kier molecular flexibility index (Phi) is 4.09. The van der Waals surface area contributed by atoms with Crippen molar-refractivity contribution >= 4 is 17.3 Å². The Labute approximate surface area is 118 Å². The molecule has 0 atom stereocenters. The molecule has 0 unspecified atom stereocenters. The normalized spacial score (nSPS) is 10.0. The predicted octanol–water partition coefficient (Wildman–Crippen LogP) is 4.44. The summed E-state index contributed by atoms with van der Waals surface area (Å²) in [7, 11) is 0. The van der Waals surface area contributed by atoms with Gasteiger partial charge in [0.05, 0.1) is 11.6 Å². The molecule has 2 aromatic rings. The van der Waals surface area contributed by atoms with E-state index in [1.165, 1.54) is 11.1 Å². The number of benzene rings is 2. The van der Waals surface area contributed by atoms with E-state index in [4.69, 9.17) is 16.9 Å². The third-order valence-corrected chi connectivity index (χ3v) is 3.47. The molecule has 0 aromatic heterocycles. The first kappa shape index (κ1) is 13.5. The first-order valence-electron chi connectivity index (χ1n) is 6.10. The number of nitriles is 1. The highest BCUT2D eigenvalue weighted by Crippen LogP contribution is 2.23. The summed E-state index contributed by atoms with van der Waals surface area (Å²) in [4.78, 5) is 0. The topological polar surface area (TPSA) is 35.8 Å². The average molecular weight is 271 g/mol. The monoisotopic (exact) mass is 270 g/mol. The van der Waals surface area contributed by atoms with Crippen molar-refractivity contribution in [3.05, 3.63) is 63.7 Å². The smallest absolute Gasteiger partial charge is 0.0992 e. The highest BCUT2D eigenvalue weighted by Gasteiger charge is 2.05. The van der Waals surface area contributed by atoms with Crippen molar-refractivity contribution in [3.8, 4) is 6.07 Å². The molecule has 1 N–H and O–H groups in total. The molecule has 19 heavy (non-hydrogen) atoms. The molecule has 2 nitrogen and oxygen atoms in total. The van der Waals surface area contributed by atoms with Crippen LogP contribution in [0.4, 0.5) is 5.69 Å². The zero-order valence-electron chi connectivity index (χ0n) is 11.0. The molecular weight excluding hydrogens is 256 g/mol. The van der Waals surface area contributed by atoms with Gasteiger partial charge in [-0.3, -0.25) is 0 Å². The third kappa shape index (κ3) is 3.07. The molecule has 0 radical (unpaired) electrons. The Morgan fingerprint density at radius 2 is 1.84 bits per heavy atom. The van der Waals surface area contributed by atoms with Gasteiger partial charge in [0.2, 0.25) is 0 Å². The van der Waals surface area contributed by atoms with Crippen LogP contribution >= 0.6 is 11.6 Å². The van der Waals surface area contributed by atoms with Crippen LogP contribution in [0.3, 0.4) is 0 Å². The van der Waals surface area contributed by atoms with Gasteiger partial charge in [-0.1, -0.05) is 35.9 Å². The molecule has 0 aliphatic heterocycles. The van der Waals surface area contributed by atoms with Crippen LogP contribution < -0.4 is 5.32 Å². The Hall–Kier alpha value is -1.98. The highest BCUT2D eigenvalue weighted by atomic mass is 35.5. The van der Waals surface area contributed by atoms with Gasteiger partial charge < -0.3 is 5.32 Å². The fourth-order valence-corrected chi connectivity index (χ4v) is 2.28. The zero-order chi connectivity index (χ0) is 13.8. The maximum atomic E-state index is 8.81. The molecule has 0 aliphatic rings. The Morgan fingerprint density at radius 1 is 1.16 bits per heavy atom. The lowest BCUT2D eigenvalue weighted by Crippen LogP contribution is -2.03. The molecule has 0 saturated heterocycles. The molecule has 0 heterocycles. The molecule has 0 amide bonds. The Morgan fingerprint density at radius 3 is 2.42 bits per heavy atom. The zero-order valence-corrected chi connectivity index (χ0v) is 11.8. The van der Waals surface area contributed by atoms with Gasteiger partial charge in [-0.2, -0.15) is 5.26 Å². The molecule has 3 heteroatoms. The summed E-state index contributed by atoms with van der Waals surface area (Å²) in [6.45, 7) is 4.81. The molecular formula is C16H15ClN2. The number of para-hydroxylation sites is 1. The third-order valence-electron chi connectivity index (χ3n) is 3.12. The number of aryl methyl sites for hydroxylation is 2. The minimum Gasteiger partial charge on any atom is -0.380 e. The second kappa shape index (κ2) is 5.77. The van der Waals surface area contributed by atoms with Gasteiger partial charge in [-0.05, 0) is 42.7 Å². The van der Waals surface area contributed by atoms with Crippen LogP contribution in [0.5, 0.6) is 0 Å². The second-order valence-electron chi connectivity index (χ2n) is 4.54. The fraction of sp³-hybridized carbons (Fsp3) is 0.188. The van der Waals surface area contributed by atoms with E-state index >= 15 is 0 Å². The molecule has 2 aromatic carbocycles. The van der Waals surface area contributed by atoms with E-state index in [1.807, 2.05) is 12.1 Å². The minimum atomic E-state index is 0.584. The highest BCUT2D eigenvalue weighted by molar-refractivity contribution is 6.31. The second-order valence-corrected chi connectivity index (χ2v) is 4.95. The predicted molar refractivity (Wildman–Crippen MR) is 79.4 cm³/mol. The molecule has 96 valence electrons. The van der Waals surface area contributed by atoms with E-state index in [9.17, 15) is 0 Å². The first-order valence-corrected chi connectivity index (χ1v) is 6.48. The van der Waals surface area contributed by atoms with E-state index < -0.39 is 0 Å². The van der Waals surface area contributed by atoms with Gasteiger partial charge in [0, 0.05) is 17.3 Å². The molecule has 0 bridgehead atoms. The fourth-order valence-electron chi connectivity index (χ4n) is 2.04. The van der Waals surface area contributed by atoms with Gasteiger partial charge in [0.15, 0.2) is 0 Å². The van der Waals surface area contributed by atoms with Crippen molar-refractivity contribution < 1.29 is 0 Å². The van der Waals surface area contributed by atoms with Crippen molar-refractivity contribution in [2.24, 2.45) is 0 Å². The van der Waals surface area contributed by atoms with Crippen molar-refractivity contribution in [2.75, 3.05) is 5.32 Å². The average Bonchev–Trinajstić information content (AvgIpc) is 2.39. The Balaban J connectivity index is 2.17. The van der Waals surface area contributed by atoms with Crippen molar-refractivity contribution in [3.63, 3.8) is 0 Å². The van der Waals surface area contributed by atoms with Gasteiger partial charge >= 0.3 is 0 Å². The number of nitrogens with one attached hydrogen (secondary N) is 1. The van der Waals surface area contributed by atoms with E-state index in [1.54, 1.807) is 12.1 Å². The molecule has 2 rings (SSSR count). The van der Waals surface area contributed by atoms with Gasteiger partial charge in [0.25, 0.3) is 0 Å². The summed E-state index contributed by atoms with van der Waals surface area (Å²) in [5, 5.41) is 12.8. The van der Waals surface area contributed by atoms with Crippen molar-refractivity contribution in [2.45, 2.75) is 20.4 Å². The maximum absolute atomic E-state index is 8.81. The molecule has 0 aliphatic carbocycles. The summed E-state index contributed by atoms with van der Waals surface area (Å²) in [5.41, 5.74) is 5.14. The van der Waals surface area contributed by atoms with Gasteiger partial charge in [0.1, 0.15) is 0 Å². The van der Waals surface area contributed by atoms with Crippen LogP contribution in [0.25, 0.3) is 0 Å². The van der Waals surface area contributed by atoms with E-state index in [2.05, 4.69) is 37.4 Å².